The highest BCUT2D eigenvalue weighted by atomic mass is 16.2. The van der Waals surface area contributed by atoms with Gasteiger partial charge in [0, 0.05) is 13.1 Å². The average Bonchev–Trinajstić information content (AvgIpc) is 2.59. The standard InChI is InChI=1S/C16H34N6O3/c17-6-2-1-5-14(13-23)22(11-15(24)20-9-3-7-18)12-16(25)21-10-4-8-19/h13-14H,1-12,17-19H2,(H,20,24)(H,21,25). The molecule has 0 aliphatic rings. The number of carbonyl (C=O) groups excluding carboxylic acids is 3. The maximum Gasteiger partial charge on any atom is 0.234 e. The molecule has 0 bridgehead atoms. The lowest BCUT2D eigenvalue weighted by molar-refractivity contribution is -0.127. The van der Waals surface area contributed by atoms with Crippen LogP contribution in [0.2, 0.25) is 0 Å². The lowest BCUT2D eigenvalue weighted by Crippen LogP contribution is -2.48. The van der Waals surface area contributed by atoms with E-state index in [4.69, 9.17) is 17.2 Å². The number of aldehydes is 1. The lowest BCUT2D eigenvalue weighted by atomic mass is 10.1. The fourth-order valence-corrected chi connectivity index (χ4v) is 2.27. The molecule has 25 heavy (non-hydrogen) atoms. The molecule has 0 rings (SSSR count). The number of nitrogens with zero attached hydrogens (tertiary/aromatic N) is 1. The van der Waals surface area contributed by atoms with Gasteiger partial charge >= 0.3 is 0 Å². The SMILES string of the molecule is NCCCCC(C=O)N(CC(=O)NCCCN)CC(=O)NCCCN. The van der Waals surface area contributed by atoms with Crippen molar-refractivity contribution < 1.29 is 14.4 Å². The molecule has 9 heteroatoms. The summed E-state index contributed by atoms with van der Waals surface area (Å²) in [5.74, 6) is -0.456. The van der Waals surface area contributed by atoms with E-state index in [0.717, 1.165) is 19.1 Å². The molecule has 146 valence electrons. The first kappa shape index (κ1) is 23.4. The Bertz CT molecular complexity index is 357. The van der Waals surface area contributed by atoms with Gasteiger partial charge in [-0.3, -0.25) is 14.5 Å². The fourth-order valence-electron chi connectivity index (χ4n) is 2.27. The maximum atomic E-state index is 12.0. The molecule has 8 N–H and O–H groups in total. The predicted molar refractivity (Wildman–Crippen MR) is 97.7 cm³/mol. The van der Waals surface area contributed by atoms with Gasteiger partial charge < -0.3 is 32.6 Å². The molecule has 0 aliphatic heterocycles. The van der Waals surface area contributed by atoms with E-state index in [1.54, 1.807) is 4.90 Å². The van der Waals surface area contributed by atoms with Crippen LogP contribution in [-0.4, -0.2) is 74.9 Å². The van der Waals surface area contributed by atoms with Crippen LogP contribution in [0.25, 0.3) is 0 Å². The molecule has 0 aromatic heterocycles. The minimum atomic E-state index is -0.493. The first-order valence-corrected chi connectivity index (χ1v) is 8.92. The Morgan fingerprint density at radius 1 is 0.840 bits per heavy atom. The van der Waals surface area contributed by atoms with Crippen LogP contribution in [0.15, 0.2) is 0 Å². The Kier molecular flexibility index (Phi) is 15.0. The second-order valence-electron chi connectivity index (χ2n) is 5.88. The fraction of sp³-hybridized carbons (Fsp3) is 0.812. The maximum absolute atomic E-state index is 12.0. The van der Waals surface area contributed by atoms with Crippen molar-refractivity contribution in [3.8, 4) is 0 Å². The molecule has 0 saturated carbocycles. The minimum absolute atomic E-state index is 0.0130. The quantitative estimate of drug-likeness (QED) is 0.156. The van der Waals surface area contributed by atoms with Gasteiger partial charge in [0.2, 0.25) is 11.8 Å². The van der Waals surface area contributed by atoms with Crippen molar-refractivity contribution in [1.29, 1.82) is 0 Å². The third-order valence-corrected chi connectivity index (χ3v) is 3.68. The Morgan fingerprint density at radius 3 is 1.72 bits per heavy atom. The van der Waals surface area contributed by atoms with Gasteiger partial charge in [0.15, 0.2) is 0 Å². The van der Waals surface area contributed by atoms with E-state index in [2.05, 4.69) is 10.6 Å². The van der Waals surface area contributed by atoms with Gasteiger partial charge in [0.25, 0.3) is 0 Å². The van der Waals surface area contributed by atoms with Gasteiger partial charge in [-0.05, 0) is 45.3 Å². The van der Waals surface area contributed by atoms with Crippen molar-refractivity contribution in [3.05, 3.63) is 0 Å². The van der Waals surface area contributed by atoms with Crippen molar-refractivity contribution in [2.45, 2.75) is 38.1 Å². The highest BCUT2D eigenvalue weighted by molar-refractivity contribution is 5.82. The van der Waals surface area contributed by atoms with Crippen molar-refractivity contribution in [1.82, 2.24) is 15.5 Å². The van der Waals surface area contributed by atoms with Gasteiger partial charge in [-0.1, -0.05) is 6.42 Å². The molecule has 0 spiro atoms. The van der Waals surface area contributed by atoms with E-state index in [9.17, 15) is 14.4 Å². The Hall–Kier alpha value is -1.55. The monoisotopic (exact) mass is 358 g/mol. The Balaban J connectivity index is 4.68. The molecule has 0 heterocycles. The first-order chi connectivity index (χ1) is 12.1. The highest BCUT2D eigenvalue weighted by Gasteiger charge is 2.22. The normalized spacial score (nSPS) is 12.0. The van der Waals surface area contributed by atoms with Crippen LogP contribution in [0, 0.1) is 0 Å². The van der Waals surface area contributed by atoms with E-state index in [-0.39, 0.29) is 24.9 Å². The van der Waals surface area contributed by atoms with Crippen molar-refractivity contribution in [2.75, 3.05) is 45.8 Å². The second-order valence-corrected chi connectivity index (χ2v) is 5.88. The Morgan fingerprint density at radius 2 is 1.32 bits per heavy atom. The second kappa shape index (κ2) is 15.9. The number of nitrogens with two attached hydrogens (primary N) is 3. The summed E-state index contributed by atoms with van der Waals surface area (Å²) in [6.07, 6.45) is 4.27. The van der Waals surface area contributed by atoms with Gasteiger partial charge in [0.05, 0.1) is 19.1 Å². The van der Waals surface area contributed by atoms with Crippen LogP contribution < -0.4 is 27.8 Å². The summed E-state index contributed by atoms with van der Waals surface area (Å²) in [5.41, 5.74) is 16.3. The number of nitrogens with one attached hydrogen (secondary N) is 2. The predicted octanol–water partition coefficient (Wildman–Crippen LogP) is -2.09. The van der Waals surface area contributed by atoms with Gasteiger partial charge in [-0.25, -0.2) is 0 Å². The summed E-state index contributed by atoms with van der Waals surface area (Å²) in [7, 11) is 0. The molecule has 0 aromatic carbocycles. The highest BCUT2D eigenvalue weighted by Crippen LogP contribution is 2.07. The topological polar surface area (TPSA) is 157 Å². The van der Waals surface area contributed by atoms with Crippen LogP contribution in [0.5, 0.6) is 0 Å². The smallest absolute Gasteiger partial charge is 0.234 e. The first-order valence-electron chi connectivity index (χ1n) is 8.92. The number of hydrogen-bond acceptors (Lipinski definition) is 7. The summed E-state index contributed by atoms with van der Waals surface area (Å²) < 4.78 is 0. The van der Waals surface area contributed by atoms with E-state index in [1.807, 2.05) is 0 Å². The van der Waals surface area contributed by atoms with Gasteiger partial charge in [-0.15, -0.1) is 0 Å². The van der Waals surface area contributed by atoms with Gasteiger partial charge in [0.1, 0.15) is 6.29 Å². The van der Waals surface area contributed by atoms with E-state index in [0.29, 0.717) is 52.0 Å². The number of carbonyl (C=O) groups is 3. The molecule has 2 amide bonds. The van der Waals surface area contributed by atoms with Crippen LogP contribution in [0.4, 0.5) is 0 Å². The van der Waals surface area contributed by atoms with Crippen LogP contribution >= 0.6 is 0 Å². The minimum Gasteiger partial charge on any atom is -0.355 e. The average molecular weight is 358 g/mol. The van der Waals surface area contributed by atoms with Crippen LogP contribution in [0.3, 0.4) is 0 Å². The third-order valence-electron chi connectivity index (χ3n) is 3.68. The number of hydrogen-bond donors (Lipinski definition) is 5. The molecule has 0 aliphatic carbocycles. The van der Waals surface area contributed by atoms with E-state index >= 15 is 0 Å². The zero-order valence-corrected chi connectivity index (χ0v) is 15.0. The molecule has 0 radical (unpaired) electrons. The summed E-state index contributed by atoms with van der Waals surface area (Å²) >= 11 is 0. The third kappa shape index (κ3) is 12.5. The zero-order valence-electron chi connectivity index (χ0n) is 15.0. The van der Waals surface area contributed by atoms with Crippen molar-refractivity contribution >= 4 is 18.1 Å². The zero-order chi connectivity index (χ0) is 18.9. The van der Waals surface area contributed by atoms with Gasteiger partial charge in [-0.2, -0.15) is 0 Å². The summed E-state index contributed by atoms with van der Waals surface area (Å²) in [6, 6.07) is -0.493. The van der Waals surface area contributed by atoms with Crippen molar-refractivity contribution in [3.63, 3.8) is 0 Å². The van der Waals surface area contributed by atoms with Crippen LogP contribution in [-0.2, 0) is 14.4 Å². The summed E-state index contributed by atoms with van der Waals surface area (Å²) in [4.78, 5) is 37.1. The molecule has 0 aromatic rings. The summed E-state index contributed by atoms with van der Waals surface area (Å²) in [6.45, 7) is 2.45. The Labute approximate surface area is 150 Å². The molecule has 9 nitrogen and oxygen atoms in total. The van der Waals surface area contributed by atoms with E-state index in [1.165, 1.54) is 0 Å². The lowest BCUT2D eigenvalue weighted by Gasteiger charge is -2.27. The summed E-state index contributed by atoms with van der Waals surface area (Å²) in [5, 5.41) is 5.48. The number of unbranched alkanes of at least 4 members (excludes halogenated alkanes) is 1. The largest absolute Gasteiger partial charge is 0.355 e. The van der Waals surface area contributed by atoms with E-state index < -0.39 is 6.04 Å². The molecule has 0 saturated heterocycles. The van der Waals surface area contributed by atoms with Crippen LogP contribution in [0.1, 0.15) is 32.1 Å². The molecule has 1 atom stereocenters. The number of amides is 2. The molecular weight excluding hydrogens is 324 g/mol. The molecular formula is C16H34N6O3. The number of rotatable bonds is 16. The molecule has 0 fully saturated rings. The van der Waals surface area contributed by atoms with Crippen molar-refractivity contribution in [2.24, 2.45) is 17.2 Å². The molecule has 1 unspecified atom stereocenters.